The minimum atomic E-state index is -3.80. The highest BCUT2D eigenvalue weighted by Gasteiger charge is 2.31. The summed E-state index contributed by atoms with van der Waals surface area (Å²) in [7, 11) is -3.80. The van der Waals surface area contributed by atoms with Crippen molar-refractivity contribution in [2.24, 2.45) is 0 Å². The van der Waals surface area contributed by atoms with Crippen LogP contribution in [0, 0.1) is 0 Å². The maximum absolute atomic E-state index is 12.8. The first-order chi connectivity index (χ1) is 12.8. The molecule has 2 N–H and O–H groups in total. The Balaban J connectivity index is 1.61. The lowest BCUT2D eigenvalue weighted by Crippen LogP contribution is -2.29. The second kappa shape index (κ2) is 7.09. The number of amides is 1. The molecule has 1 unspecified atom stereocenters. The number of rotatable bonds is 5. The number of aryl methyl sites for hydroxylation is 1. The second-order valence-electron chi connectivity index (χ2n) is 6.92. The number of hydrogen-bond acceptors (Lipinski definition) is 3. The fourth-order valence-corrected chi connectivity index (χ4v) is 5.50. The molecule has 1 atom stereocenters. The summed E-state index contributed by atoms with van der Waals surface area (Å²) in [4.78, 5) is 12.7. The average molecular weight is 425 g/mol. The molecule has 2 aromatic carbocycles. The van der Waals surface area contributed by atoms with Crippen molar-refractivity contribution in [2.45, 2.75) is 42.7 Å². The lowest BCUT2D eigenvalue weighted by molar-refractivity contribution is 0.0936. The van der Waals surface area contributed by atoms with E-state index in [0.717, 1.165) is 31.2 Å². The van der Waals surface area contributed by atoms with E-state index in [1.54, 1.807) is 0 Å². The highest BCUT2D eigenvalue weighted by Crippen LogP contribution is 2.33. The number of carbonyl (C=O) groups excluding carboxylic acids is 1. The lowest BCUT2D eigenvalue weighted by Gasteiger charge is -2.16. The van der Waals surface area contributed by atoms with E-state index in [1.165, 1.54) is 17.7 Å². The Hall–Kier alpha value is -1.60. The van der Waals surface area contributed by atoms with Gasteiger partial charge in [0, 0.05) is 6.04 Å². The minimum Gasteiger partial charge on any atom is -0.345 e. The quantitative estimate of drug-likeness (QED) is 0.764. The summed E-state index contributed by atoms with van der Waals surface area (Å²) < 4.78 is 27.6. The molecule has 1 saturated carbocycles. The summed E-state index contributed by atoms with van der Waals surface area (Å²) in [5, 5.41) is 3.08. The van der Waals surface area contributed by atoms with Gasteiger partial charge in [-0.25, -0.2) is 13.1 Å². The number of halogens is 2. The van der Waals surface area contributed by atoms with Crippen molar-refractivity contribution in [2.75, 3.05) is 0 Å². The zero-order chi connectivity index (χ0) is 19.2. The van der Waals surface area contributed by atoms with E-state index in [4.69, 9.17) is 23.2 Å². The van der Waals surface area contributed by atoms with Crippen molar-refractivity contribution in [3.05, 3.63) is 63.1 Å². The molecule has 2 aromatic rings. The number of carbonyl (C=O) groups is 1. The van der Waals surface area contributed by atoms with Crippen LogP contribution in [0.1, 0.15) is 46.8 Å². The van der Waals surface area contributed by atoms with Crippen LogP contribution in [0.5, 0.6) is 0 Å². The summed E-state index contributed by atoms with van der Waals surface area (Å²) in [6.07, 6.45) is 3.29. The maximum atomic E-state index is 12.8. The molecule has 1 amide bonds. The molecule has 4 rings (SSSR count). The highest BCUT2D eigenvalue weighted by atomic mass is 35.5. The van der Waals surface area contributed by atoms with Crippen molar-refractivity contribution >= 4 is 39.1 Å². The Morgan fingerprint density at radius 1 is 1.04 bits per heavy atom. The Morgan fingerprint density at radius 2 is 1.78 bits per heavy atom. The summed E-state index contributed by atoms with van der Waals surface area (Å²) in [5.41, 5.74) is 2.39. The molecular weight excluding hydrogens is 407 g/mol. The van der Waals surface area contributed by atoms with Crippen LogP contribution in [0.4, 0.5) is 0 Å². The van der Waals surface area contributed by atoms with Gasteiger partial charge in [-0.1, -0.05) is 47.5 Å². The number of hydrogen-bond donors (Lipinski definition) is 2. The normalized spacial score (nSPS) is 19.0. The molecule has 0 bridgehead atoms. The van der Waals surface area contributed by atoms with Gasteiger partial charge < -0.3 is 5.32 Å². The third kappa shape index (κ3) is 3.85. The molecule has 0 aliphatic heterocycles. The van der Waals surface area contributed by atoms with Crippen LogP contribution in [-0.2, 0) is 16.4 Å². The van der Waals surface area contributed by atoms with Gasteiger partial charge in [0.15, 0.2) is 0 Å². The van der Waals surface area contributed by atoms with E-state index >= 15 is 0 Å². The van der Waals surface area contributed by atoms with Gasteiger partial charge in [-0.3, -0.25) is 4.79 Å². The van der Waals surface area contributed by atoms with Gasteiger partial charge >= 0.3 is 0 Å². The fraction of sp³-hybridized carbons (Fsp3) is 0.316. The molecule has 5 nitrogen and oxygen atoms in total. The van der Waals surface area contributed by atoms with Crippen molar-refractivity contribution in [1.82, 2.24) is 10.0 Å². The van der Waals surface area contributed by atoms with Crippen molar-refractivity contribution in [3.8, 4) is 0 Å². The molecule has 2 aliphatic rings. The van der Waals surface area contributed by atoms with Gasteiger partial charge in [0.2, 0.25) is 10.0 Å². The SMILES string of the molecule is O=C(NC1CCc2ccccc21)c1cc(S(=O)(=O)NC2CC2)c(Cl)cc1Cl. The Labute approximate surface area is 168 Å². The van der Waals surface area contributed by atoms with Crippen LogP contribution < -0.4 is 10.0 Å². The molecule has 1 fully saturated rings. The molecule has 0 radical (unpaired) electrons. The molecule has 0 spiro atoms. The predicted molar refractivity (Wildman–Crippen MR) is 105 cm³/mol. The highest BCUT2D eigenvalue weighted by molar-refractivity contribution is 7.89. The number of nitrogens with one attached hydrogen (secondary N) is 2. The predicted octanol–water partition coefficient (Wildman–Crippen LogP) is 3.85. The zero-order valence-electron chi connectivity index (χ0n) is 14.3. The van der Waals surface area contributed by atoms with Crippen molar-refractivity contribution in [1.29, 1.82) is 0 Å². The molecule has 27 heavy (non-hydrogen) atoms. The van der Waals surface area contributed by atoms with E-state index in [9.17, 15) is 13.2 Å². The molecule has 8 heteroatoms. The zero-order valence-corrected chi connectivity index (χ0v) is 16.7. The second-order valence-corrected chi connectivity index (χ2v) is 9.42. The van der Waals surface area contributed by atoms with Gasteiger partial charge in [0.05, 0.1) is 21.7 Å². The van der Waals surface area contributed by atoms with Gasteiger partial charge in [0.25, 0.3) is 5.91 Å². The van der Waals surface area contributed by atoms with Crippen LogP contribution >= 0.6 is 23.2 Å². The molecule has 0 heterocycles. The lowest BCUT2D eigenvalue weighted by atomic mass is 10.1. The largest absolute Gasteiger partial charge is 0.345 e. The molecule has 0 saturated heterocycles. The van der Waals surface area contributed by atoms with Gasteiger partial charge in [0.1, 0.15) is 4.90 Å². The number of benzene rings is 2. The van der Waals surface area contributed by atoms with Gasteiger partial charge in [-0.15, -0.1) is 0 Å². The van der Waals surface area contributed by atoms with Gasteiger partial charge in [-0.2, -0.15) is 0 Å². The number of fused-ring (bicyclic) bond motifs is 1. The Kier molecular flexibility index (Phi) is 4.93. The third-order valence-electron chi connectivity index (χ3n) is 4.89. The third-order valence-corrected chi connectivity index (χ3v) is 7.19. The Morgan fingerprint density at radius 3 is 2.52 bits per heavy atom. The standard InChI is InChI=1S/C19H18Cl2N2O3S/c20-15-10-16(21)18(27(25,26)23-12-6-7-12)9-14(15)19(24)22-17-8-5-11-3-1-2-4-13(11)17/h1-4,9-10,12,17,23H,5-8H2,(H,22,24). The first kappa shape index (κ1) is 18.7. The van der Waals surface area contributed by atoms with Crippen molar-refractivity contribution in [3.63, 3.8) is 0 Å². The topological polar surface area (TPSA) is 75.3 Å². The van der Waals surface area contributed by atoms with Crippen molar-refractivity contribution < 1.29 is 13.2 Å². The monoisotopic (exact) mass is 424 g/mol. The van der Waals surface area contributed by atoms with Crippen LogP contribution in [-0.4, -0.2) is 20.4 Å². The van der Waals surface area contributed by atoms with Crippen LogP contribution in [0.2, 0.25) is 10.0 Å². The smallest absolute Gasteiger partial charge is 0.253 e. The van der Waals surface area contributed by atoms with E-state index < -0.39 is 15.9 Å². The summed E-state index contributed by atoms with van der Waals surface area (Å²) in [5.74, 6) is -0.416. The first-order valence-corrected chi connectivity index (χ1v) is 11.0. The summed E-state index contributed by atoms with van der Waals surface area (Å²) in [6, 6.07) is 10.3. The van der Waals surface area contributed by atoms with Crippen LogP contribution in [0.25, 0.3) is 0 Å². The van der Waals surface area contributed by atoms with E-state index in [0.29, 0.717) is 0 Å². The first-order valence-electron chi connectivity index (χ1n) is 8.75. The minimum absolute atomic E-state index is 0.00379. The van der Waals surface area contributed by atoms with E-state index in [1.807, 2.05) is 24.3 Å². The summed E-state index contributed by atoms with van der Waals surface area (Å²) >= 11 is 12.3. The van der Waals surface area contributed by atoms with Crippen LogP contribution in [0.3, 0.4) is 0 Å². The van der Waals surface area contributed by atoms with E-state index in [2.05, 4.69) is 10.0 Å². The number of sulfonamides is 1. The molecule has 0 aromatic heterocycles. The van der Waals surface area contributed by atoms with E-state index in [-0.39, 0.29) is 32.6 Å². The summed E-state index contributed by atoms with van der Waals surface area (Å²) in [6.45, 7) is 0. The van der Waals surface area contributed by atoms with Crippen LogP contribution in [0.15, 0.2) is 41.3 Å². The fourth-order valence-electron chi connectivity index (χ4n) is 3.34. The average Bonchev–Trinajstić information content (AvgIpc) is 3.32. The molecule has 2 aliphatic carbocycles. The Bertz CT molecular complexity index is 1020. The molecule has 142 valence electrons. The van der Waals surface area contributed by atoms with Gasteiger partial charge in [-0.05, 0) is 48.9 Å². The maximum Gasteiger partial charge on any atom is 0.253 e. The molecular formula is C19H18Cl2N2O3S.